The average molecular weight is 322 g/mol. The fourth-order valence-corrected chi connectivity index (χ4v) is 4.44. The quantitative estimate of drug-likeness (QED) is 0.932. The highest BCUT2D eigenvalue weighted by Gasteiger charge is 2.42. The van der Waals surface area contributed by atoms with Crippen molar-refractivity contribution in [1.82, 2.24) is 9.88 Å². The molecule has 126 valence electrons. The van der Waals surface area contributed by atoms with E-state index >= 15 is 0 Å². The van der Waals surface area contributed by atoms with Crippen molar-refractivity contribution in [2.75, 3.05) is 13.1 Å². The van der Waals surface area contributed by atoms with E-state index in [0.717, 1.165) is 32.5 Å². The lowest BCUT2D eigenvalue weighted by molar-refractivity contribution is -0.0967. The zero-order chi connectivity index (χ0) is 16.4. The molecule has 1 saturated heterocycles. The Balaban J connectivity index is 1.46. The largest absolute Gasteiger partial charge is 0.390 e. The Bertz CT molecular complexity index is 687. The molecule has 2 unspecified atom stereocenters. The summed E-state index contributed by atoms with van der Waals surface area (Å²) in [6, 6.07) is 12.9. The van der Waals surface area contributed by atoms with Gasteiger partial charge in [-0.05, 0) is 54.2 Å². The van der Waals surface area contributed by atoms with Crippen molar-refractivity contribution in [3.8, 4) is 11.1 Å². The van der Waals surface area contributed by atoms with Crippen LogP contribution >= 0.6 is 0 Å². The van der Waals surface area contributed by atoms with Gasteiger partial charge in [-0.3, -0.25) is 9.88 Å². The number of likely N-dealkylation sites (tertiary alicyclic amines) is 1. The zero-order valence-corrected chi connectivity index (χ0v) is 14.2. The van der Waals surface area contributed by atoms with Crippen LogP contribution in [0.25, 0.3) is 11.1 Å². The molecule has 1 aliphatic carbocycles. The molecule has 2 heterocycles. The second-order valence-electron chi connectivity index (χ2n) is 7.47. The summed E-state index contributed by atoms with van der Waals surface area (Å²) in [5.74, 6) is 0.461. The van der Waals surface area contributed by atoms with Gasteiger partial charge in [0.1, 0.15) is 0 Å². The third kappa shape index (κ3) is 3.24. The number of pyridine rings is 1. The molecule has 3 nitrogen and oxygen atoms in total. The Kier molecular flexibility index (Phi) is 4.38. The van der Waals surface area contributed by atoms with Crippen LogP contribution in [-0.4, -0.2) is 33.7 Å². The number of piperidine rings is 1. The minimum atomic E-state index is -0.381. The van der Waals surface area contributed by atoms with Crippen LogP contribution in [-0.2, 0) is 6.54 Å². The summed E-state index contributed by atoms with van der Waals surface area (Å²) in [6.45, 7) is 3.02. The lowest BCUT2D eigenvalue weighted by atomic mass is 9.71. The summed E-state index contributed by atoms with van der Waals surface area (Å²) in [6.07, 6.45) is 9.28. The molecule has 0 radical (unpaired) electrons. The summed E-state index contributed by atoms with van der Waals surface area (Å²) in [7, 11) is 0. The van der Waals surface area contributed by atoms with Gasteiger partial charge in [-0.25, -0.2) is 0 Å². The van der Waals surface area contributed by atoms with Crippen LogP contribution in [0.3, 0.4) is 0 Å². The Labute approximate surface area is 144 Å². The molecule has 2 fully saturated rings. The third-order valence-corrected chi connectivity index (χ3v) is 5.86. The van der Waals surface area contributed by atoms with Gasteiger partial charge in [0.05, 0.1) is 5.60 Å². The number of fused-ring (bicyclic) bond motifs is 1. The first kappa shape index (κ1) is 15.8. The van der Waals surface area contributed by atoms with Crippen LogP contribution in [0.1, 0.15) is 37.7 Å². The summed E-state index contributed by atoms with van der Waals surface area (Å²) >= 11 is 0. The van der Waals surface area contributed by atoms with E-state index in [1.165, 1.54) is 36.0 Å². The standard InChI is InChI=1S/C21H26N2O/c24-21-9-2-1-6-20(21)16-23(13-10-21)15-17-4-3-5-19(14-17)18-7-11-22-12-8-18/h3-5,7-8,11-12,14,20,24H,1-2,6,9-10,13,15-16H2. The van der Waals surface area contributed by atoms with Crippen molar-refractivity contribution in [1.29, 1.82) is 0 Å². The molecule has 1 aliphatic heterocycles. The van der Waals surface area contributed by atoms with Crippen molar-refractivity contribution >= 4 is 0 Å². The number of hydrogen-bond donors (Lipinski definition) is 1. The molecule has 0 bridgehead atoms. The number of rotatable bonds is 3. The number of benzene rings is 1. The van der Waals surface area contributed by atoms with Gasteiger partial charge in [0, 0.05) is 37.9 Å². The first-order chi connectivity index (χ1) is 11.7. The maximum absolute atomic E-state index is 10.8. The summed E-state index contributed by atoms with van der Waals surface area (Å²) in [5, 5.41) is 10.8. The molecule has 3 heteroatoms. The van der Waals surface area contributed by atoms with Gasteiger partial charge in [-0.15, -0.1) is 0 Å². The lowest BCUT2D eigenvalue weighted by Crippen LogP contribution is -2.52. The van der Waals surface area contributed by atoms with E-state index in [0.29, 0.717) is 5.92 Å². The van der Waals surface area contributed by atoms with E-state index in [2.05, 4.69) is 46.3 Å². The maximum atomic E-state index is 10.8. The van der Waals surface area contributed by atoms with Crippen LogP contribution in [0, 0.1) is 5.92 Å². The molecule has 0 amide bonds. The molecule has 24 heavy (non-hydrogen) atoms. The van der Waals surface area contributed by atoms with E-state index in [-0.39, 0.29) is 5.60 Å². The molecule has 1 aromatic carbocycles. The molecule has 2 aromatic rings. The molecule has 4 rings (SSSR count). The van der Waals surface area contributed by atoms with Crippen molar-refractivity contribution in [2.45, 2.75) is 44.2 Å². The summed E-state index contributed by atoms with van der Waals surface area (Å²) < 4.78 is 0. The zero-order valence-electron chi connectivity index (χ0n) is 14.2. The highest BCUT2D eigenvalue weighted by atomic mass is 16.3. The first-order valence-electron chi connectivity index (χ1n) is 9.17. The van der Waals surface area contributed by atoms with Gasteiger partial charge < -0.3 is 5.11 Å². The normalized spacial score (nSPS) is 27.6. The predicted octanol–water partition coefficient (Wildman–Crippen LogP) is 3.88. The lowest BCUT2D eigenvalue weighted by Gasteiger charge is -2.47. The Hall–Kier alpha value is -1.71. The third-order valence-electron chi connectivity index (χ3n) is 5.86. The van der Waals surface area contributed by atoms with Crippen molar-refractivity contribution in [3.05, 3.63) is 54.4 Å². The minimum Gasteiger partial charge on any atom is -0.390 e. The van der Waals surface area contributed by atoms with Crippen LogP contribution in [0.2, 0.25) is 0 Å². The van der Waals surface area contributed by atoms with Crippen LogP contribution < -0.4 is 0 Å². The Morgan fingerprint density at radius 1 is 1.08 bits per heavy atom. The van der Waals surface area contributed by atoms with E-state index < -0.39 is 0 Å². The molecule has 1 saturated carbocycles. The molecule has 0 spiro atoms. The Morgan fingerprint density at radius 2 is 1.96 bits per heavy atom. The summed E-state index contributed by atoms with van der Waals surface area (Å²) in [4.78, 5) is 6.62. The second kappa shape index (κ2) is 6.66. The molecular formula is C21H26N2O. The summed E-state index contributed by atoms with van der Waals surface area (Å²) in [5.41, 5.74) is 3.44. The van der Waals surface area contributed by atoms with E-state index in [1.54, 1.807) is 0 Å². The van der Waals surface area contributed by atoms with Gasteiger partial charge in [0.15, 0.2) is 0 Å². The van der Waals surface area contributed by atoms with Crippen molar-refractivity contribution in [2.24, 2.45) is 5.92 Å². The topological polar surface area (TPSA) is 36.4 Å². The van der Waals surface area contributed by atoms with E-state index in [1.807, 2.05) is 12.4 Å². The van der Waals surface area contributed by atoms with Gasteiger partial charge in [-0.1, -0.05) is 31.0 Å². The van der Waals surface area contributed by atoms with Crippen molar-refractivity contribution in [3.63, 3.8) is 0 Å². The Morgan fingerprint density at radius 3 is 2.83 bits per heavy atom. The van der Waals surface area contributed by atoms with Crippen LogP contribution in [0.15, 0.2) is 48.8 Å². The molecule has 1 N–H and O–H groups in total. The van der Waals surface area contributed by atoms with Crippen molar-refractivity contribution < 1.29 is 5.11 Å². The number of aliphatic hydroxyl groups is 1. The predicted molar refractivity (Wildman–Crippen MR) is 96.5 cm³/mol. The van der Waals surface area contributed by atoms with E-state index in [4.69, 9.17) is 0 Å². The van der Waals surface area contributed by atoms with E-state index in [9.17, 15) is 5.11 Å². The maximum Gasteiger partial charge on any atom is 0.0700 e. The molecule has 1 aromatic heterocycles. The molecule has 2 atom stereocenters. The first-order valence-corrected chi connectivity index (χ1v) is 9.17. The van der Waals surface area contributed by atoms with Crippen LogP contribution in [0.4, 0.5) is 0 Å². The van der Waals surface area contributed by atoms with Gasteiger partial charge in [0.25, 0.3) is 0 Å². The fourth-order valence-electron chi connectivity index (χ4n) is 4.44. The van der Waals surface area contributed by atoms with Gasteiger partial charge >= 0.3 is 0 Å². The second-order valence-corrected chi connectivity index (χ2v) is 7.47. The minimum absolute atomic E-state index is 0.381. The van der Waals surface area contributed by atoms with Gasteiger partial charge in [-0.2, -0.15) is 0 Å². The smallest absolute Gasteiger partial charge is 0.0700 e. The highest BCUT2D eigenvalue weighted by Crippen LogP contribution is 2.40. The molecular weight excluding hydrogens is 296 g/mol. The average Bonchev–Trinajstić information content (AvgIpc) is 2.63. The highest BCUT2D eigenvalue weighted by molar-refractivity contribution is 5.63. The van der Waals surface area contributed by atoms with Crippen LogP contribution in [0.5, 0.6) is 0 Å². The number of hydrogen-bond acceptors (Lipinski definition) is 3. The van der Waals surface area contributed by atoms with Gasteiger partial charge in [0.2, 0.25) is 0 Å². The number of nitrogens with zero attached hydrogens (tertiary/aromatic N) is 2. The number of aromatic nitrogens is 1. The fraction of sp³-hybridized carbons (Fsp3) is 0.476. The SMILES string of the molecule is OC12CCCCC1CN(Cc1cccc(-c3ccncc3)c1)CC2. The molecule has 2 aliphatic rings. The monoisotopic (exact) mass is 322 g/mol.